The van der Waals surface area contributed by atoms with E-state index in [9.17, 15) is 0 Å². The molecule has 1 aromatic carbocycles. The summed E-state index contributed by atoms with van der Waals surface area (Å²) in [6, 6.07) is 11.3. The summed E-state index contributed by atoms with van der Waals surface area (Å²) in [5.41, 5.74) is 1.44. The average molecular weight is 203 g/mol. The molecule has 1 unspecified atom stereocenters. The van der Waals surface area contributed by atoms with Crippen LogP contribution in [0.2, 0.25) is 0 Å². The molecule has 0 saturated carbocycles. The first kappa shape index (κ1) is 12.0. The molecule has 82 valence electrons. The molecule has 1 heteroatoms. The van der Waals surface area contributed by atoms with Crippen molar-refractivity contribution in [1.29, 1.82) is 0 Å². The second-order valence-corrected chi connectivity index (χ2v) is 3.89. The van der Waals surface area contributed by atoms with Crippen LogP contribution in [-0.2, 0) is 6.42 Å². The Morgan fingerprint density at radius 1 is 1.33 bits per heavy atom. The second-order valence-electron chi connectivity index (χ2n) is 3.89. The molecule has 0 saturated heterocycles. The van der Waals surface area contributed by atoms with Gasteiger partial charge in [0.2, 0.25) is 0 Å². The minimum Gasteiger partial charge on any atom is -0.317 e. The van der Waals surface area contributed by atoms with E-state index in [2.05, 4.69) is 42.2 Å². The van der Waals surface area contributed by atoms with Crippen molar-refractivity contribution in [1.82, 2.24) is 5.32 Å². The molecule has 0 fully saturated rings. The van der Waals surface area contributed by atoms with Crippen molar-refractivity contribution in [3.8, 4) is 0 Å². The number of hydrogen-bond acceptors (Lipinski definition) is 1. The largest absolute Gasteiger partial charge is 0.317 e. The van der Waals surface area contributed by atoms with Crippen LogP contribution < -0.4 is 5.32 Å². The molecule has 1 N–H and O–H groups in total. The van der Waals surface area contributed by atoms with Crippen LogP contribution in [-0.4, -0.2) is 13.1 Å². The van der Waals surface area contributed by atoms with Crippen LogP contribution >= 0.6 is 0 Å². The molecule has 0 heterocycles. The molecule has 1 rings (SSSR count). The second kappa shape index (κ2) is 7.24. The highest BCUT2D eigenvalue weighted by Gasteiger charge is 2.02. The van der Waals surface area contributed by atoms with E-state index >= 15 is 0 Å². The van der Waals surface area contributed by atoms with Crippen molar-refractivity contribution in [3.63, 3.8) is 0 Å². The van der Waals surface area contributed by atoms with Gasteiger partial charge < -0.3 is 5.32 Å². The Kier molecular flexibility index (Phi) is 5.79. The summed E-state index contributed by atoms with van der Waals surface area (Å²) in [6.45, 7) is 3.77. The summed E-state index contributed by atoms with van der Waals surface area (Å²) >= 11 is 0. The Morgan fingerprint density at radius 3 is 2.67 bits per heavy atom. The molecule has 15 heavy (non-hydrogen) atoms. The van der Waals surface area contributed by atoms with Crippen molar-refractivity contribution in [3.05, 3.63) is 48.6 Å². The van der Waals surface area contributed by atoms with Gasteiger partial charge in [0, 0.05) is 6.04 Å². The van der Waals surface area contributed by atoms with Crippen LogP contribution in [0.15, 0.2) is 43.0 Å². The lowest BCUT2D eigenvalue weighted by Gasteiger charge is -2.13. The maximum absolute atomic E-state index is 3.77. The first-order chi connectivity index (χ1) is 7.36. The van der Waals surface area contributed by atoms with Gasteiger partial charge in [-0.1, -0.05) is 36.4 Å². The first-order valence-corrected chi connectivity index (χ1v) is 5.69. The molecule has 0 aliphatic heterocycles. The van der Waals surface area contributed by atoms with E-state index in [0.29, 0.717) is 6.04 Å². The lowest BCUT2D eigenvalue weighted by molar-refractivity contribution is 0.509. The van der Waals surface area contributed by atoms with E-state index in [1.54, 1.807) is 0 Å². The number of hydrogen-bond donors (Lipinski definition) is 1. The highest BCUT2D eigenvalue weighted by Crippen LogP contribution is 2.08. The van der Waals surface area contributed by atoms with E-state index in [0.717, 1.165) is 6.42 Å². The zero-order chi connectivity index (χ0) is 10.9. The van der Waals surface area contributed by atoms with Gasteiger partial charge in [-0.25, -0.2) is 0 Å². The Morgan fingerprint density at radius 2 is 2.07 bits per heavy atom. The van der Waals surface area contributed by atoms with E-state index in [1.807, 2.05) is 13.1 Å². The Hall–Kier alpha value is -1.08. The minimum absolute atomic E-state index is 0.589. The zero-order valence-electron chi connectivity index (χ0n) is 9.58. The maximum atomic E-state index is 3.77. The van der Waals surface area contributed by atoms with E-state index in [-0.39, 0.29) is 0 Å². The summed E-state index contributed by atoms with van der Waals surface area (Å²) < 4.78 is 0. The van der Waals surface area contributed by atoms with Crippen molar-refractivity contribution < 1.29 is 0 Å². The molecule has 0 amide bonds. The molecule has 0 aromatic heterocycles. The molecule has 1 aromatic rings. The van der Waals surface area contributed by atoms with Gasteiger partial charge >= 0.3 is 0 Å². The summed E-state index contributed by atoms with van der Waals surface area (Å²) in [4.78, 5) is 0. The SMILES string of the molecule is C=CCC(CCCc1ccccc1)NC. The van der Waals surface area contributed by atoms with E-state index < -0.39 is 0 Å². The van der Waals surface area contributed by atoms with Crippen LogP contribution in [0.25, 0.3) is 0 Å². The lowest BCUT2D eigenvalue weighted by Crippen LogP contribution is -2.24. The lowest BCUT2D eigenvalue weighted by atomic mass is 10.0. The highest BCUT2D eigenvalue weighted by atomic mass is 14.9. The molecule has 0 spiro atoms. The van der Waals surface area contributed by atoms with Gasteiger partial charge in [0.25, 0.3) is 0 Å². The van der Waals surface area contributed by atoms with Gasteiger partial charge in [-0.05, 0) is 38.3 Å². The summed E-state index contributed by atoms with van der Waals surface area (Å²) in [5.74, 6) is 0. The predicted molar refractivity (Wildman–Crippen MR) is 67.0 cm³/mol. The molecule has 0 aliphatic rings. The third kappa shape index (κ3) is 4.80. The maximum Gasteiger partial charge on any atom is 0.00985 e. The van der Waals surface area contributed by atoms with Gasteiger partial charge in [-0.2, -0.15) is 0 Å². The van der Waals surface area contributed by atoms with Crippen LogP contribution in [0.4, 0.5) is 0 Å². The van der Waals surface area contributed by atoms with E-state index in [4.69, 9.17) is 0 Å². The van der Waals surface area contributed by atoms with Crippen molar-refractivity contribution in [2.24, 2.45) is 0 Å². The Bertz CT molecular complexity index is 266. The number of nitrogens with one attached hydrogen (secondary N) is 1. The predicted octanol–water partition coefficient (Wildman–Crippen LogP) is 3.17. The number of rotatable bonds is 7. The Balaban J connectivity index is 2.23. The molecule has 1 atom stereocenters. The van der Waals surface area contributed by atoms with Crippen molar-refractivity contribution in [2.45, 2.75) is 31.7 Å². The van der Waals surface area contributed by atoms with Gasteiger partial charge in [-0.3, -0.25) is 0 Å². The third-order valence-corrected chi connectivity index (χ3v) is 2.72. The Labute approximate surface area is 93.2 Å². The standard InChI is InChI=1S/C14H21N/c1-3-8-14(15-2)12-7-11-13-9-5-4-6-10-13/h3-6,9-10,14-15H,1,7-8,11-12H2,2H3. The van der Waals surface area contributed by atoms with Crippen LogP contribution in [0.1, 0.15) is 24.8 Å². The first-order valence-electron chi connectivity index (χ1n) is 5.69. The van der Waals surface area contributed by atoms with E-state index in [1.165, 1.54) is 24.8 Å². The topological polar surface area (TPSA) is 12.0 Å². The number of benzene rings is 1. The number of aryl methyl sites for hydroxylation is 1. The quantitative estimate of drug-likeness (QED) is 0.671. The van der Waals surface area contributed by atoms with Crippen LogP contribution in [0.3, 0.4) is 0 Å². The van der Waals surface area contributed by atoms with Gasteiger partial charge in [-0.15, -0.1) is 6.58 Å². The fraction of sp³-hybridized carbons (Fsp3) is 0.429. The normalized spacial score (nSPS) is 12.3. The molecular formula is C14H21N. The van der Waals surface area contributed by atoms with Gasteiger partial charge in [0.05, 0.1) is 0 Å². The van der Waals surface area contributed by atoms with Crippen molar-refractivity contribution in [2.75, 3.05) is 7.05 Å². The summed E-state index contributed by atoms with van der Waals surface area (Å²) in [7, 11) is 2.02. The smallest absolute Gasteiger partial charge is 0.00985 e. The van der Waals surface area contributed by atoms with Crippen molar-refractivity contribution >= 4 is 0 Å². The fourth-order valence-electron chi connectivity index (χ4n) is 1.78. The molecule has 0 aliphatic carbocycles. The monoisotopic (exact) mass is 203 g/mol. The molecule has 1 nitrogen and oxygen atoms in total. The van der Waals surface area contributed by atoms with Crippen LogP contribution in [0.5, 0.6) is 0 Å². The molecule has 0 bridgehead atoms. The highest BCUT2D eigenvalue weighted by molar-refractivity contribution is 5.14. The average Bonchev–Trinajstić information content (AvgIpc) is 2.29. The molecular weight excluding hydrogens is 182 g/mol. The van der Waals surface area contributed by atoms with Gasteiger partial charge in [0.15, 0.2) is 0 Å². The summed E-state index contributed by atoms with van der Waals surface area (Å²) in [6.07, 6.45) is 6.69. The zero-order valence-corrected chi connectivity index (χ0v) is 9.58. The van der Waals surface area contributed by atoms with Gasteiger partial charge in [0.1, 0.15) is 0 Å². The summed E-state index contributed by atoms with van der Waals surface area (Å²) in [5, 5.41) is 3.32. The van der Waals surface area contributed by atoms with Crippen LogP contribution in [0, 0.1) is 0 Å². The fourth-order valence-corrected chi connectivity index (χ4v) is 1.78. The third-order valence-electron chi connectivity index (χ3n) is 2.72. The minimum atomic E-state index is 0.589. The molecule has 0 radical (unpaired) electrons.